The number of carbonyl (C=O) groups is 1. The summed E-state index contributed by atoms with van der Waals surface area (Å²) < 4.78 is 7.13. The number of rotatable bonds is 4. The summed E-state index contributed by atoms with van der Waals surface area (Å²) in [5.74, 6) is -0.729. The largest absolute Gasteiger partial charge is 0.505 e. The van der Waals surface area contributed by atoms with Crippen LogP contribution in [0.25, 0.3) is 5.69 Å². The lowest BCUT2D eigenvalue weighted by Crippen LogP contribution is -2.25. The van der Waals surface area contributed by atoms with Crippen LogP contribution in [0.1, 0.15) is 16.1 Å². The number of anilines is 1. The fourth-order valence-electron chi connectivity index (χ4n) is 2.53. The summed E-state index contributed by atoms with van der Waals surface area (Å²) in [5, 5.41) is 16.8. The zero-order chi connectivity index (χ0) is 19.6. The molecule has 0 bridgehead atoms. The second kappa shape index (κ2) is 7.63. The average molecular weight is 430 g/mol. The number of aromatic nitrogens is 2. The van der Waals surface area contributed by atoms with Crippen LogP contribution in [0.5, 0.6) is 11.5 Å². The van der Waals surface area contributed by atoms with E-state index in [0.717, 1.165) is 20.8 Å². The summed E-state index contributed by atoms with van der Waals surface area (Å²) >= 11 is 3.36. The Labute approximate surface area is 163 Å². The molecule has 0 spiro atoms. The molecule has 3 rings (SSSR count). The number of hydrogen-bond acceptors (Lipinski definition) is 5. The van der Waals surface area contributed by atoms with Gasteiger partial charge in [0, 0.05) is 16.2 Å². The summed E-state index contributed by atoms with van der Waals surface area (Å²) in [6, 6.07) is 13.1. The summed E-state index contributed by atoms with van der Waals surface area (Å²) in [4.78, 5) is 24.9. The fraction of sp³-hybridized carbons (Fsp3) is 0.105. The maximum absolute atomic E-state index is 12.6. The van der Waals surface area contributed by atoms with Gasteiger partial charge in [-0.1, -0.05) is 28.1 Å². The topological polar surface area (TPSA) is 93.5 Å². The van der Waals surface area contributed by atoms with Gasteiger partial charge in [-0.15, -0.1) is 0 Å². The predicted octanol–water partition coefficient (Wildman–Crippen LogP) is 3.27. The zero-order valence-electron chi connectivity index (χ0n) is 14.6. The molecule has 0 aliphatic carbocycles. The maximum Gasteiger partial charge on any atom is 0.279 e. The summed E-state index contributed by atoms with van der Waals surface area (Å²) in [6.07, 6.45) is 0. The second-order valence-corrected chi connectivity index (χ2v) is 6.63. The van der Waals surface area contributed by atoms with Crippen LogP contribution >= 0.6 is 15.9 Å². The number of hydrogen-bond donors (Lipinski definition) is 2. The van der Waals surface area contributed by atoms with Crippen LogP contribution < -0.4 is 15.6 Å². The summed E-state index contributed by atoms with van der Waals surface area (Å²) in [5.41, 5.74) is 0.893. The van der Waals surface area contributed by atoms with Gasteiger partial charge in [0.15, 0.2) is 11.4 Å². The predicted molar refractivity (Wildman–Crippen MR) is 105 cm³/mol. The molecule has 7 nitrogen and oxygen atoms in total. The van der Waals surface area contributed by atoms with E-state index in [2.05, 4.69) is 26.3 Å². The Kier molecular flexibility index (Phi) is 5.27. The average Bonchev–Trinajstić information content (AvgIpc) is 2.64. The molecule has 0 saturated heterocycles. The first-order valence-electron chi connectivity index (χ1n) is 7.95. The highest BCUT2D eigenvalue weighted by Crippen LogP contribution is 2.23. The van der Waals surface area contributed by atoms with E-state index in [0.29, 0.717) is 17.1 Å². The third-order valence-electron chi connectivity index (χ3n) is 3.88. The second-order valence-electron chi connectivity index (χ2n) is 5.71. The number of para-hydroxylation sites is 2. The van der Waals surface area contributed by atoms with Crippen LogP contribution in [0.4, 0.5) is 5.69 Å². The molecule has 3 aromatic rings. The summed E-state index contributed by atoms with van der Waals surface area (Å²) in [7, 11) is 1.47. The van der Waals surface area contributed by atoms with Crippen molar-refractivity contribution in [1.29, 1.82) is 0 Å². The van der Waals surface area contributed by atoms with Crippen molar-refractivity contribution in [2.24, 2.45) is 0 Å². The molecule has 1 amide bonds. The molecule has 0 fully saturated rings. The number of ether oxygens (including phenoxy) is 1. The SMILES string of the molecule is COc1ccccc1-n1nc(C(=O)Nc2ccc(Br)cc2C)c(O)cc1=O. The number of halogens is 1. The van der Waals surface area contributed by atoms with Gasteiger partial charge in [-0.2, -0.15) is 9.78 Å². The van der Waals surface area contributed by atoms with E-state index in [9.17, 15) is 14.7 Å². The highest BCUT2D eigenvalue weighted by atomic mass is 79.9. The van der Waals surface area contributed by atoms with Gasteiger partial charge in [-0.25, -0.2) is 0 Å². The molecule has 0 unspecified atom stereocenters. The minimum atomic E-state index is -0.637. The van der Waals surface area contributed by atoms with E-state index >= 15 is 0 Å². The Morgan fingerprint density at radius 1 is 1.22 bits per heavy atom. The van der Waals surface area contributed by atoms with Gasteiger partial charge < -0.3 is 15.2 Å². The molecule has 0 saturated carbocycles. The number of nitrogens with one attached hydrogen (secondary N) is 1. The van der Waals surface area contributed by atoms with Crippen LogP contribution in [0.15, 0.2) is 57.8 Å². The molecule has 0 aliphatic heterocycles. The van der Waals surface area contributed by atoms with E-state index in [4.69, 9.17) is 4.74 Å². The first-order valence-corrected chi connectivity index (χ1v) is 8.74. The highest BCUT2D eigenvalue weighted by Gasteiger charge is 2.19. The lowest BCUT2D eigenvalue weighted by atomic mass is 10.2. The lowest BCUT2D eigenvalue weighted by molar-refractivity contribution is 0.101. The zero-order valence-corrected chi connectivity index (χ0v) is 16.1. The molecule has 0 aliphatic rings. The molecule has 27 heavy (non-hydrogen) atoms. The van der Waals surface area contributed by atoms with Crippen LogP contribution in [-0.2, 0) is 0 Å². The van der Waals surface area contributed by atoms with Crippen molar-refractivity contribution >= 4 is 27.5 Å². The number of methoxy groups -OCH3 is 1. The Hall–Kier alpha value is -3.13. The van der Waals surface area contributed by atoms with E-state index < -0.39 is 17.2 Å². The highest BCUT2D eigenvalue weighted by molar-refractivity contribution is 9.10. The molecule has 1 aromatic heterocycles. The molecule has 8 heteroatoms. The molecular weight excluding hydrogens is 414 g/mol. The standard InChI is InChI=1S/C19H16BrN3O4/c1-11-9-12(20)7-8-13(11)21-19(26)18-15(24)10-17(25)23(22-18)14-5-3-4-6-16(14)27-2/h3-10,24H,1-2H3,(H,21,26). The Morgan fingerprint density at radius 2 is 1.96 bits per heavy atom. The maximum atomic E-state index is 12.6. The molecule has 2 aromatic carbocycles. The van der Waals surface area contributed by atoms with Crippen molar-refractivity contribution in [3.8, 4) is 17.2 Å². The van der Waals surface area contributed by atoms with E-state index in [1.165, 1.54) is 7.11 Å². The number of amides is 1. The van der Waals surface area contributed by atoms with Gasteiger partial charge in [0.2, 0.25) is 0 Å². The number of benzene rings is 2. The van der Waals surface area contributed by atoms with Gasteiger partial charge in [-0.3, -0.25) is 9.59 Å². The van der Waals surface area contributed by atoms with Crippen LogP contribution in [0, 0.1) is 6.92 Å². The Balaban J connectivity index is 2.03. The Morgan fingerprint density at radius 3 is 2.67 bits per heavy atom. The normalized spacial score (nSPS) is 10.5. The van der Waals surface area contributed by atoms with Crippen molar-refractivity contribution in [2.45, 2.75) is 6.92 Å². The van der Waals surface area contributed by atoms with Crippen molar-refractivity contribution in [1.82, 2.24) is 9.78 Å². The van der Waals surface area contributed by atoms with Crippen molar-refractivity contribution in [3.63, 3.8) is 0 Å². The van der Waals surface area contributed by atoms with Gasteiger partial charge in [0.1, 0.15) is 11.4 Å². The first-order chi connectivity index (χ1) is 12.9. The first kappa shape index (κ1) is 18.7. The van der Waals surface area contributed by atoms with Crippen molar-refractivity contribution in [2.75, 3.05) is 12.4 Å². The van der Waals surface area contributed by atoms with E-state index in [1.807, 2.05) is 13.0 Å². The van der Waals surface area contributed by atoms with Gasteiger partial charge in [0.05, 0.1) is 7.11 Å². The lowest BCUT2D eigenvalue weighted by Gasteiger charge is -2.12. The van der Waals surface area contributed by atoms with Gasteiger partial charge >= 0.3 is 0 Å². The minimum absolute atomic E-state index is 0.275. The molecule has 0 atom stereocenters. The number of nitrogens with zero attached hydrogens (tertiary/aromatic N) is 2. The van der Waals surface area contributed by atoms with Gasteiger partial charge in [-0.05, 0) is 42.8 Å². The van der Waals surface area contributed by atoms with Crippen LogP contribution in [-0.4, -0.2) is 27.9 Å². The summed E-state index contributed by atoms with van der Waals surface area (Å²) in [6.45, 7) is 1.84. The monoisotopic (exact) mass is 429 g/mol. The fourth-order valence-corrected chi connectivity index (χ4v) is 3.01. The molecule has 1 heterocycles. The third-order valence-corrected chi connectivity index (χ3v) is 4.37. The van der Waals surface area contributed by atoms with Crippen LogP contribution in [0.2, 0.25) is 0 Å². The third kappa shape index (κ3) is 3.85. The number of aromatic hydroxyl groups is 1. The van der Waals surface area contributed by atoms with E-state index in [1.54, 1.807) is 36.4 Å². The quantitative estimate of drug-likeness (QED) is 0.663. The Bertz CT molecular complexity index is 1080. The van der Waals surface area contributed by atoms with Crippen LogP contribution in [0.3, 0.4) is 0 Å². The molecule has 0 radical (unpaired) electrons. The van der Waals surface area contributed by atoms with E-state index in [-0.39, 0.29) is 5.69 Å². The van der Waals surface area contributed by atoms with Gasteiger partial charge in [0.25, 0.3) is 11.5 Å². The molecule has 138 valence electrons. The molecule has 2 N–H and O–H groups in total. The number of carbonyl (C=O) groups excluding carboxylic acids is 1. The smallest absolute Gasteiger partial charge is 0.279 e. The minimum Gasteiger partial charge on any atom is -0.505 e. The van der Waals surface area contributed by atoms with Crippen molar-refractivity contribution < 1.29 is 14.6 Å². The molecular formula is C19H16BrN3O4. The van der Waals surface area contributed by atoms with Crippen molar-refractivity contribution in [3.05, 3.63) is 74.6 Å². The number of aryl methyl sites for hydroxylation is 1.